The number of methoxy groups -OCH3 is 1. The quantitative estimate of drug-likeness (QED) is 0.448. The Morgan fingerprint density at radius 1 is 1.28 bits per heavy atom. The van der Waals surface area contributed by atoms with Gasteiger partial charge in [0.25, 0.3) is 5.91 Å². The molecule has 2 aromatic rings. The Labute approximate surface area is 142 Å². The molecule has 0 saturated heterocycles. The smallest absolute Gasteiger partial charge is 0.310 e. The van der Waals surface area contributed by atoms with Gasteiger partial charge in [-0.15, -0.1) is 0 Å². The van der Waals surface area contributed by atoms with Gasteiger partial charge in [0.1, 0.15) is 0 Å². The highest BCUT2D eigenvalue weighted by Crippen LogP contribution is 2.28. The molecule has 2 N–H and O–H groups in total. The number of carbonyl (C=O) groups excluding carboxylic acids is 1. The fourth-order valence-corrected chi connectivity index (χ4v) is 1.89. The lowest BCUT2D eigenvalue weighted by molar-refractivity contribution is -0.385. The van der Waals surface area contributed by atoms with E-state index in [1.54, 1.807) is 24.3 Å². The zero-order chi connectivity index (χ0) is 18.2. The van der Waals surface area contributed by atoms with E-state index in [-0.39, 0.29) is 22.9 Å². The number of nitro benzene ring substituents is 1. The average Bonchev–Trinajstić information content (AvgIpc) is 2.61. The molecule has 2 rings (SSSR count). The molecule has 0 aliphatic heterocycles. The van der Waals surface area contributed by atoms with E-state index in [2.05, 4.69) is 10.5 Å². The zero-order valence-electron chi connectivity index (χ0n) is 13.2. The van der Waals surface area contributed by atoms with E-state index in [4.69, 9.17) is 9.47 Å². The molecule has 0 unspecified atom stereocenters. The summed E-state index contributed by atoms with van der Waals surface area (Å²) < 4.78 is 10.1. The number of rotatable bonds is 7. The minimum atomic E-state index is -0.614. The summed E-state index contributed by atoms with van der Waals surface area (Å²) in [6, 6.07) is 10.5. The summed E-state index contributed by atoms with van der Waals surface area (Å²) in [5, 5.41) is 24.4. The van der Waals surface area contributed by atoms with Crippen molar-refractivity contribution in [1.29, 1.82) is 0 Å². The number of carbonyl (C=O) groups is 1. The lowest BCUT2D eigenvalue weighted by Gasteiger charge is -2.06. The van der Waals surface area contributed by atoms with Gasteiger partial charge in [-0.1, -0.05) is 18.2 Å². The number of amides is 1. The van der Waals surface area contributed by atoms with E-state index in [1.807, 2.05) is 0 Å². The third-order valence-corrected chi connectivity index (χ3v) is 3.06. The molecule has 1 amide bonds. The molecule has 25 heavy (non-hydrogen) atoms. The van der Waals surface area contributed by atoms with Gasteiger partial charge < -0.3 is 14.6 Å². The van der Waals surface area contributed by atoms with E-state index in [0.717, 1.165) is 0 Å². The molecular weight excluding hydrogens is 330 g/mol. The minimum Gasteiger partial charge on any atom is -0.504 e. The predicted molar refractivity (Wildman–Crippen MR) is 89.0 cm³/mol. The Balaban J connectivity index is 1.93. The van der Waals surface area contributed by atoms with Crippen molar-refractivity contribution < 1.29 is 24.3 Å². The number of para-hydroxylation sites is 3. The van der Waals surface area contributed by atoms with Crippen LogP contribution >= 0.6 is 0 Å². The number of nitrogens with one attached hydrogen (secondary N) is 1. The van der Waals surface area contributed by atoms with Crippen LogP contribution in [0.15, 0.2) is 47.6 Å². The minimum absolute atomic E-state index is 0.0166. The Bertz CT molecular complexity index is 806. The van der Waals surface area contributed by atoms with Crippen LogP contribution in [0.25, 0.3) is 0 Å². The SMILES string of the molecule is COc1cccc(/C=N/NC(=O)COc2ccccc2[N+](=O)[O-])c1O. The molecule has 0 aromatic heterocycles. The maximum atomic E-state index is 11.7. The van der Waals surface area contributed by atoms with Gasteiger partial charge in [-0.25, -0.2) is 5.43 Å². The highest BCUT2D eigenvalue weighted by atomic mass is 16.6. The average molecular weight is 345 g/mol. The van der Waals surface area contributed by atoms with E-state index in [1.165, 1.54) is 31.5 Å². The molecule has 2 aromatic carbocycles. The number of hydrogen-bond acceptors (Lipinski definition) is 7. The molecule has 0 radical (unpaired) electrons. The number of aromatic hydroxyl groups is 1. The first-order chi connectivity index (χ1) is 12.0. The van der Waals surface area contributed by atoms with Crippen molar-refractivity contribution in [2.24, 2.45) is 5.10 Å². The van der Waals surface area contributed by atoms with E-state index in [0.29, 0.717) is 5.56 Å². The fourth-order valence-electron chi connectivity index (χ4n) is 1.89. The summed E-state index contributed by atoms with van der Waals surface area (Å²) in [7, 11) is 1.41. The van der Waals surface area contributed by atoms with Gasteiger partial charge in [-0.2, -0.15) is 5.10 Å². The summed E-state index contributed by atoms with van der Waals surface area (Å²) in [6.07, 6.45) is 1.24. The number of nitrogens with zero attached hydrogens (tertiary/aromatic N) is 2. The molecule has 0 fully saturated rings. The Morgan fingerprint density at radius 2 is 2.00 bits per heavy atom. The standard InChI is InChI=1S/C16H15N3O6/c1-24-14-8-4-5-11(16(14)21)9-17-18-15(20)10-25-13-7-3-2-6-12(13)19(22)23/h2-9,21H,10H2,1H3,(H,18,20)/b17-9+. The van der Waals surface area contributed by atoms with Crippen molar-refractivity contribution in [1.82, 2.24) is 5.43 Å². The Morgan fingerprint density at radius 3 is 2.72 bits per heavy atom. The van der Waals surface area contributed by atoms with Gasteiger partial charge in [-0.05, 0) is 18.2 Å². The number of benzene rings is 2. The second kappa shape index (κ2) is 8.29. The monoisotopic (exact) mass is 345 g/mol. The van der Waals surface area contributed by atoms with Crippen molar-refractivity contribution in [3.8, 4) is 17.2 Å². The maximum Gasteiger partial charge on any atom is 0.310 e. The normalized spacial score (nSPS) is 10.4. The number of hydrogen-bond donors (Lipinski definition) is 2. The number of phenolic OH excluding ortho intramolecular Hbond substituents is 1. The Hall–Kier alpha value is -3.62. The summed E-state index contributed by atoms with van der Waals surface area (Å²) in [4.78, 5) is 21.9. The highest BCUT2D eigenvalue weighted by Gasteiger charge is 2.14. The van der Waals surface area contributed by atoms with Gasteiger partial charge in [0, 0.05) is 11.6 Å². The van der Waals surface area contributed by atoms with Gasteiger partial charge in [0.2, 0.25) is 0 Å². The van der Waals surface area contributed by atoms with Crippen LogP contribution in [0.5, 0.6) is 17.2 Å². The van der Waals surface area contributed by atoms with Crippen LogP contribution in [0.1, 0.15) is 5.56 Å². The van der Waals surface area contributed by atoms with Crippen LogP contribution in [0, 0.1) is 10.1 Å². The molecule has 9 nitrogen and oxygen atoms in total. The summed E-state index contributed by atoms with van der Waals surface area (Å²) in [5.74, 6) is -0.469. The van der Waals surface area contributed by atoms with Crippen LogP contribution in [0.2, 0.25) is 0 Å². The largest absolute Gasteiger partial charge is 0.504 e. The third kappa shape index (κ3) is 4.67. The number of nitro groups is 1. The van der Waals surface area contributed by atoms with Crippen LogP contribution in [-0.2, 0) is 4.79 Å². The molecule has 0 spiro atoms. The second-order valence-electron chi connectivity index (χ2n) is 4.70. The van der Waals surface area contributed by atoms with Crippen molar-refractivity contribution in [2.45, 2.75) is 0 Å². The second-order valence-corrected chi connectivity index (χ2v) is 4.70. The van der Waals surface area contributed by atoms with Crippen LogP contribution in [-0.4, -0.2) is 35.9 Å². The van der Waals surface area contributed by atoms with Crippen molar-refractivity contribution in [2.75, 3.05) is 13.7 Å². The number of phenols is 1. The van der Waals surface area contributed by atoms with E-state index in [9.17, 15) is 20.0 Å². The third-order valence-electron chi connectivity index (χ3n) is 3.06. The summed E-state index contributed by atoms with van der Waals surface area (Å²) in [6.45, 7) is -0.452. The molecular formula is C16H15N3O6. The first kappa shape index (κ1) is 17.7. The summed E-state index contributed by atoms with van der Waals surface area (Å²) >= 11 is 0. The molecule has 0 saturated carbocycles. The molecule has 0 bridgehead atoms. The first-order valence-electron chi connectivity index (χ1n) is 7.07. The number of hydrazone groups is 1. The summed E-state index contributed by atoms with van der Waals surface area (Å²) in [5.41, 5.74) is 2.31. The lowest BCUT2D eigenvalue weighted by Crippen LogP contribution is -2.24. The topological polar surface area (TPSA) is 123 Å². The van der Waals surface area contributed by atoms with E-state index >= 15 is 0 Å². The van der Waals surface area contributed by atoms with E-state index < -0.39 is 17.4 Å². The zero-order valence-corrected chi connectivity index (χ0v) is 13.2. The van der Waals surface area contributed by atoms with Gasteiger partial charge in [0.05, 0.1) is 18.2 Å². The van der Waals surface area contributed by atoms with Crippen molar-refractivity contribution in [3.05, 3.63) is 58.1 Å². The van der Waals surface area contributed by atoms with Crippen LogP contribution in [0.3, 0.4) is 0 Å². The van der Waals surface area contributed by atoms with Gasteiger partial charge in [0.15, 0.2) is 23.9 Å². The predicted octanol–water partition coefficient (Wildman–Crippen LogP) is 1.84. The maximum absolute atomic E-state index is 11.7. The van der Waals surface area contributed by atoms with Crippen LogP contribution < -0.4 is 14.9 Å². The molecule has 0 aliphatic carbocycles. The van der Waals surface area contributed by atoms with Gasteiger partial charge in [-0.3, -0.25) is 14.9 Å². The highest BCUT2D eigenvalue weighted by molar-refractivity contribution is 5.86. The van der Waals surface area contributed by atoms with Crippen molar-refractivity contribution >= 4 is 17.8 Å². The molecule has 0 heterocycles. The van der Waals surface area contributed by atoms with Crippen molar-refractivity contribution in [3.63, 3.8) is 0 Å². The fraction of sp³-hybridized carbons (Fsp3) is 0.125. The molecule has 0 atom stereocenters. The van der Waals surface area contributed by atoms with Crippen LogP contribution in [0.4, 0.5) is 5.69 Å². The number of ether oxygens (including phenoxy) is 2. The molecule has 130 valence electrons. The Kier molecular flexibility index (Phi) is 5.88. The lowest BCUT2D eigenvalue weighted by atomic mass is 10.2. The first-order valence-corrected chi connectivity index (χ1v) is 7.07. The molecule has 9 heteroatoms. The molecule has 0 aliphatic rings. The van der Waals surface area contributed by atoms with Gasteiger partial charge >= 0.3 is 5.69 Å².